The highest BCUT2D eigenvalue weighted by Gasteiger charge is 2.28. The maximum atomic E-state index is 14.0. The van der Waals surface area contributed by atoms with E-state index in [1.54, 1.807) is 29.6 Å². The molecule has 0 saturated heterocycles. The summed E-state index contributed by atoms with van der Waals surface area (Å²) < 4.78 is 50.7. The van der Waals surface area contributed by atoms with Gasteiger partial charge in [-0.25, -0.2) is 4.39 Å². The fourth-order valence-corrected chi connectivity index (χ4v) is 2.39. The first-order valence-electron chi connectivity index (χ1n) is 8.00. The van der Waals surface area contributed by atoms with E-state index in [1.165, 1.54) is 13.0 Å². The quantitative estimate of drug-likeness (QED) is 0.619. The van der Waals surface area contributed by atoms with Gasteiger partial charge in [-0.1, -0.05) is 23.7 Å². The van der Waals surface area contributed by atoms with Gasteiger partial charge in [-0.3, -0.25) is 9.59 Å². The van der Waals surface area contributed by atoms with Crippen molar-refractivity contribution in [2.45, 2.75) is 13.1 Å². The predicted octanol–water partition coefficient (Wildman–Crippen LogP) is 4.13. The molecule has 0 aliphatic heterocycles. The third kappa shape index (κ3) is 6.12. The van der Waals surface area contributed by atoms with E-state index in [1.807, 2.05) is 0 Å². The van der Waals surface area contributed by atoms with Gasteiger partial charge < -0.3 is 16.0 Å². The normalized spacial score (nSPS) is 11.1. The lowest BCUT2D eigenvalue weighted by atomic mass is 10.1. The molecule has 0 aliphatic carbocycles. The average Bonchev–Trinajstić information content (AvgIpc) is 2.62. The summed E-state index contributed by atoms with van der Waals surface area (Å²) in [5.74, 6) is -2.37. The van der Waals surface area contributed by atoms with E-state index in [9.17, 15) is 27.2 Å². The molecule has 0 bridgehead atoms. The third-order valence-electron chi connectivity index (χ3n) is 3.64. The first kappa shape index (κ1) is 21.5. The number of alkyl halides is 3. The molecule has 3 N–H and O–H groups in total. The zero-order valence-electron chi connectivity index (χ0n) is 14.6. The van der Waals surface area contributed by atoms with Crippen molar-refractivity contribution in [1.29, 1.82) is 0 Å². The van der Waals surface area contributed by atoms with Crippen LogP contribution in [0.25, 0.3) is 0 Å². The number of amides is 2. The minimum absolute atomic E-state index is 0.103. The van der Waals surface area contributed by atoms with Gasteiger partial charge in [0, 0.05) is 16.8 Å². The number of carbonyl (C=O) groups excluding carboxylic acids is 2. The fourth-order valence-electron chi connectivity index (χ4n) is 2.21. The second-order valence-corrected chi connectivity index (χ2v) is 6.22. The van der Waals surface area contributed by atoms with Crippen molar-refractivity contribution in [2.24, 2.45) is 0 Å². The van der Waals surface area contributed by atoms with Crippen LogP contribution in [-0.2, 0) is 4.79 Å². The van der Waals surface area contributed by atoms with E-state index >= 15 is 0 Å². The van der Waals surface area contributed by atoms with E-state index < -0.39 is 30.4 Å². The molecule has 2 aromatic carbocycles. The molecule has 2 aromatic rings. The molecule has 0 heterocycles. The number of rotatable bonds is 6. The molecular weight excluding hydrogens is 402 g/mol. The largest absolute Gasteiger partial charge is 0.405 e. The molecule has 150 valence electrons. The molecule has 0 fully saturated rings. The minimum atomic E-state index is -4.59. The second-order valence-electron chi connectivity index (χ2n) is 5.81. The molecule has 5 nitrogen and oxygen atoms in total. The number of para-hydroxylation sites is 1. The van der Waals surface area contributed by atoms with E-state index in [2.05, 4.69) is 10.6 Å². The fraction of sp³-hybridized carbons (Fsp3) is 0.222. The molecular formula is C18H16ClF4N3O2. The lowest BCUT2D eigenvalue weighted by Crippen LogP contribution is -2.33. The number of anilines is 2. The average molecular weight is 418 g/mol. The van der Waals surface area contributed by atoms with Crippen molar-refractivity contribution in [3.63, 3.8) is 0 Å². The molecule has 0 spiro atoms. The lowest BCUT2D eigenvalue weighted by molar-refractivity contribution is -0.123. The molecule has 0 unspecified atom stereocenters. The SMILES string of the molecule is Cc1c(F)cc(C(=O)NCC(F)(F)F)cc1NCC(=O)Nc1ccccc1Cl. The Kier molecular flexibility index (Phi) is 6.85. The van der Waals surface area contributed by atoms with Gasteiger partial charge in [0.05, 0.1) is 17.3 Å². The Morgan fingerprint density at radius 1 is 1.11 bits per heavy atom. The van der Waals surface area contributed by atoms with Crippen LogP contribution in [0.5, 0.6) is 0 Å². The topological polar surface area (TPSA) is 70.2 Å². The smallest absolute Gasteiger partial charge is 0.376 e. The maximum Gasteiger partial charge on any atom is 0.405 e. The number of benzene rings is 2. The van der Waals surface area contributed by atoms with Crippen molar-refractivity contribution in [3.05, 3.63) is 58.4 Å². The number of hydrogen-bond acceptors (Lipinski definition) is 3. The van der Waals surface area contributed by atoms with Gasteiger partial charge in [-0.15, -0.1) is 0 Å². The maximum absolute atomic E-state index is 14.0. The van der Waals surface area contributed by atoms with Gasteiger partial charge in [-0.2, -0.15) is 13.2 Å². The lowest BCUT2D eigenvalue weighted by Gasteiger charge is -2.14. The van der Waals surface area contributed by atoms with Crippen LogP contribution in [0, 0.1) is 12.7 Å². The number of carbonyl (C=O) groups is 2. The highest BCUT2D eigenvalue weighted by Crippen LogP contribution is 2.22. The Balaban J connectivity index is 2.06. The molecule has 0 radical (unpaired) electrons. The molecule has 28 heavy (non-hydrogen) atoms. The Hall–Kier alpha value is -2.81. The summed E-state index contributed by atoms with van der Waals surface area (Å²) in [5, 5.41) is 7.22. The Bertz CT molecular complexity index is 888. The zero-order chi connectivity index (χ0) is 20.9. The third-order valence-corrected chi connectivity index (χ3v) is 3.97. The Labute approximate surface area is 163 Å². The van der Waals surface area contributed by atoms with Crippen LogP contribution in [0.2, 0.25) is 5.02 Å². The van der Waals surface area contributed by atoms with Gasteiger partial charge in [-0.05, 0) is 31.2 Å². The van der Waals surface area contributed by atoms with Gasteiger partial charge in [0.1, 0.15) is 12.4 Å². The molecule has 2 rings (SSSR count). The summed E-state index contributed by atoms with van der Waals surface area (Å²) in [6.45, 7) is -0.412. The number of nitrogens with one attached hydrogen (secondary N) is 3. The van der Waals surface area contributed by atoms with Crippen molar-refractivity contribution < 1.29 is 27.2 Å². The van der Waals surface area contributed by atoms with Crippen LogP contribution in [0.1, 0.15) is 15.9 Å². The summed E-state index contributed by atoms with van der Waals surface area (Å²) in [6, 6.07) is 8.56. The van der Waals surface area contributed by atoms with Gasteiger partial charge in [0.15, 0.2) is 0 Å². The van der Waals surface area contributed by atoms with E-state index in [-0.39, 0.29) is 23.4 Å². The first-order chi connectivity index (χ1) is 13.1. The summed E-state index contributed by atoms with van der Waals surface area (Å²) in [6.07, 6.45) is -4.59. The van der Waals surface area contributed by atoms with E-state index in [0.717, 1.165) is 6.07 Å². The predicted molar refractivity (Wildman–Crippen MR) is 98.1 cm³/mol. The monoisotopic (exact) mass is 417 g/mol. The standard InChI is InChI=1S/C18H16ClF4N3O2/c1-10-13(20)6-11(17(28)25-9-18(21,22)23)7-15(10)24-8-16(27)26-14-5-3-2-4-12(14)19/h2-7,24H,8-9H2,1H3,(H,25,28)(H,26,27). The van der Waals surface area contributed by atoms with Crippen LogP contribution in [0.3, 0.4) is 0 Å². The summed E-state index contributed by atoms with van der Waals surface area (Å²) in [7, 11) is 0. The van der Waals surface area contributed by atoms with Crippen molar-refractivity contribution >= 4 is 34.8 Å². The number of halogens is 5. The Morgan fingerprint density at radius 2 is 1.79 bits per heavy atom. The van der Waals surface area contributed by atoms with Crippen LogP contribution < -0.4 is 16.0 Å². The van der Waals surface area contributed by atoms with Crippen molar-refractivity contribution in [1.82, 2.24) is 5.32 Å². The summed E-state index contributed by atoms with van der Waals surface area (Å²) >= 11 is 5.94. The van der Waals surface area contributed by atoms with Crippen LogP contribution in [-0.4, -0.2) is 31.1 Å². The summed E-state index contributed by atoms with van der Waals surface area (Å²) in [5.41, 5.74) is 0.296. The van der Waals surface area contributed by atoms with Crippen LogP contribution >= 0.6 is 11.6 Å². The summed E-state index contributed by atoms with van der Waals surface area (Å²) in [4.78, 5) is 23.9. The highest BCUT2D eigenvalue weighted by molar-refractivity contribution is 6.33. The van der Waals surface area contributed by atoms with Crippen LogP contribution in [0.15, 0.2) is 36.4 Å². The Morgan fingerprint density at radius 3 is 2.43 bits per heavy atom. The van der Waals surface area contributed by atoms with Gasteiger partial charge >= 0.3 is 6.18 Å². The zero-order valence-corrected chi connectivity index (χ0v) is 15.3. The highest BCUT2D eigenvalue weighted by atomic mass is 35.5. The van der Waals surface area contributed by atoms with E-state index in [4.69, 9.17) is 11.6 Å². The van der Waals surface area contributed by atoms with Crippen molar-refractivity contribution in [2.75, 3.05) is 23.7 Å². The van der Waals surface area contributed by atoms with Gasteiger partial charge in [0.2, 0.25) is 5.91 Å². The molecule has 2 amide bonds. The van der Waals surface area contributed by atoms with Crippen LogP contribution in [0.4, 0.5) is 28.9 Å². The molecule has 0 atom stereocenters. The molecule has 0 saturated carbocycles. The minimum Gasteiger partial charge on any atom is -0.376 e. The van der Waals surface area contributed by atoms with E-state index in [0.29, 0.717) is 10.7 Å². The number of hydrogen-bond donors (Lipinski definition) is 3. The second kappa shape index (κ2) is 8.92. The molecule has 10 heteroatoms. The molecule has 0 aliphatic rings. The first-order valence-corrected chi connectivity index (χ1v) is 8.38. The molecule has 0 aromatic heterocycles. The van der Waals surface area contributed by atoms with Gasteiger partial charge in [0.25, 0.3) is 5.91 Å². The van der Waals surface area contributed by atoms with Crippen molar-refractivity contribution in [3.8, 4) is 0 Å².